The molecule has 1 aromatic rings. The summed E-state index contributed by atoms with van der Waals surface area (Å²) in [5, 5.41) is 3.08. The van der Waals surface area contributed by atoms with Crippen LogP contribution in [-0.4, -0.2) is 5.91 Å². The van der Waals surface area contributed by atoms with Crippen LogP contribution in [0.5, 0.6) is 0 Å². The van der Waals surface area contributed by atoms with E-state index < -0.39 is 0 Å². The zero-order valence-electron chi connectivity index (χ0n) is 14.9. The van der Waals surface area contributed by atoms with Gasteiger partial charge in [0, 0.05) is 6.42 Å². The smallest absolute Gasteiger partial charge is 0.220 e. The first kappa shape index (κ1) is 22.0. The van der Waals surface area contributed by atoms with E-state index in [1.807, 2.05) is 25.1 Å². The molecule has 1 aromatic carbocycles. The van der Waals surface area contributed by atoms with Gasteiger partial charge in [0.2, 0.25) is 5.91 Å². The maximum absolute atomic E-state index is 11.9. The van der Waals surface area contributed by atoms with Gasteiger partial charge in [0.25, 0.3) is 0 Å². The van der Waals surface area contributed by atoms with Crippen LogP contribution in [0.3, 0.4) is 0 Å². The number of hydrogen-bond acceptors (Lipinski definition) is 1. The van der Waals surface area contributed by atoms with Gasteiger partial charge in [-0.2, -0.15) is 13.5 Å². The molecule has 1 atom stereocenters. The fourth-order valence-electron chi connectivity index (χ4n) is 2.73. The van der Waals surface area contributed by atoms with E-state index in [9.17, 15) is 4.79 Å². The quantitative estimate of drug-likeness (QED) is 0.473. The van der Waals surface area contributed by atoms with E-state index in [-0.39, 0.29) is 25.4 Å². The highest BCUT2D eigenvalue weighted by molar-refractivity contribution is 7.59. The Hall–Kier alpha value is -0.960. The SMILES string of the molecule is CCCCCCCCCCCC(=O)N[C@@H](C)c1ccccc1.S. The van der Waals surface area contributed by atoms with E-state index in [1.54, 1.807) is 0 Å². The number of carbonyl (C=O) groups excluding carboxylic acids is 1. The van der Waals surface area contributed by atoms with Gasteiger partial charge in [-0.3, -0.25) is 4.79 Å². The molecule has 0 radical (unpaired) electrons. The average molecular weight is 338 g/mol. The molecule has 0 aliphatic carbocycles. The molecule has 0 saturated heterocycles. The Labute approximate surface area is 149 Å². The first-order valence-electron chi connectivity index (χ1n) is 9.08. The lowest BCUT2D eigenvalue weighted by Crippen LogP contribution is -2.26. The second kappa shape index (κ2) is 14.6. The van der Waals surface area contributed by atoms with Gasteiger partial charge in [-0.25, -0.2) is 0 Å². The summed E-state index contributed by atoms with van der Waals surface area (Å²) in [6, 6.07) is 10.2. The first-order valence-corrected chi connectivity index (χ1v) is 9.08. The fraction of sp³-hybridized carbons (Fsp3) is 0.650. The zero-order chi connectivity index (χ0) is 16.0. The van der Waals surface area contributed by atoms with E-state index >= 15 is 0 Å². The molecule has 0 spiro atoms. The highest BCUT2D eigenvalue weighted by Crippen LogP contribution is 2.13. The molecule has 3 heteroatoms. The molecule has 1 amide bonds. The van der Waals surface area contributed by atoms with Gasteiger partial charge in [0.05, 0.1) is 6.04 Å². The molecule has 2 nitrogen and oxygen atoms in total. The van der Waals surface area contributed by atoms with Crippen molar-refractivity contribution in [3.05, 3.63) is 35.9 Å². The summed E-state index contributed by atoms with van der Waals surface area (Å²) in [5.41, 5.74) is 1.17. The third-order valence-electron chi connectivity index (χ3n) is 4.18. The third kappa shape index (κ3) is 11.2. The van der Waals surface area contributed by atoms with Gasteiger partial charge in [0.15, 0.2) is 0 Å². The molecular formula is C20H35NOS. The van der Waals surface area contributed by atoms with Crippen molar-refractivity contribution in [3.8, 4) is 0 Å². The molecule has 132 valence electrons. The predicted molar refractivity (Wildman–Crippen MR) is 105 cm³/mol. The Kier molecular flexibility index (Phi) is 14.0. The number of hydrogen-bond donors (Lipinski definition) is 1. The fourth-order valence-corrected chi connectivity index (χ4v) is 2.73. The topological polar surface area (TPSA) is 29.1 Å². The van der Waals surface area contributed by atoms with E-state index in [1.165, 1.54) is 56.9 Å². The highest BCUT2D eigenvalue weighted by Gasteiger charge is 2.08. The van der Waals surface area contributed by atoms with Crippen LogP contribution in [0.25, 0.3) is 0 Å². The van der Waals surface area contributed by atoms with Crippen molar-refractivity contribution in [1.82, 2.24) is 5.32 Å². The molecular weight excluding hydrogens is 302 g/mol. The van der Waals surface area contributed by atoms with Crippen LogP contribution in [0.15, 0.2) is 30.3 Å². The summed E-state index contributed by atoms with van der Waals surface area (Å²) in [5.74, 6) is 0.180. The van der Waals surface area contributed by atoms with Crippen molar-refractivity contribution in [1.29, 1.82) is 0 Å². The Morgan fingerprint density at radius 1 is 0.913 bits per heavy atom. The molecule has 0 aromatic heterocycles. The standard InChI is InChI=1S/C20H33NO.H2S/c1-3-4-5-6-7-8-9-10-14-17-20(22)21-18(2)19-15-12-11-13-16-19;/h11-13,15-16,18H,3-10,14,17H2,1-2H3,(H,21,22);1H2/t18-;/m0./s1. The minimum Gasteiger partial charge on any atom is -0.350 e. The molecule has 0 saturated carbocycles. The van der Waals surface area contributed by atoms with E-state index in [2.05, 4.69) is 24.4 Å². The second-order valence-electron chi connectivity index (χ2n) is 6.28. The summed E-state index contributed by atoms with van der Waals surface area (Å²) < 4.78 is 0. The predicted octanol–water partition coefficient (Wildman–Crippen LogP) is 5.90. The van der Waals surface area contributed by atoms with E-state index in [0.29, 0.717) is 6.42 Å². The number of rotatable bonds is 12. The van der Waals surface area contributed by atoms with Crippen molar-refractivity contribution < 1.29 is 4.79 Å². The van der Waals surface area contributed by atoms with Crippen molar-refractivity contribution in [2.75, 3.05) is 0 Å². The average Bonchev–Trinajstić information content (AvgIpc) is 2.54. The number of nitrogens with one attached hydrogen (secondary N) is 1. The maximum atomic E-state index is 11.9. The second-order valence-corrected chi connectivity index (χ2v) is 6.28. The molecule has 1 rings (SSSR count). The van der Waals surface area contributed by atoms with Gasteiger partial charge in [-0.15, -0.1) is 0 Å². The summed E-state index contributed by atoms with van der Waals surface area (Å²) in [4.78, 5) is 11.9. The minimum absolute atomic E-state index is 0. The molecule has 0 fully saturated rings. The number of carbonyl (C=O) groups is 1. The maximum Gasteiger partial charge on any atom is 0.220 e. The van der Waals surface area contributed by atoms with Crippen LogP contribution in [0.2, 0.25) is 0 Å². The van der Waals surface area contributed by atoms with Gasteiger partial charge in [0.1, 0.15) is 0 Å². The monoisotopic (exact) mass is 337 g/mol. The molecule has 0 bridgehead atoms. The van der Waals surface area contributed by atoms with Gasteiger partial charge in [-0.05, 0) is 18.9 Å². The Balaban J connectivity index is 0.00000484. The van der Waals surface area contributed by atoms with E-state index in [0.717, 1.165) is 6.42 Å². The lowest BCUT2D eigenvalue weighted by Gasteiger charge is -2.14. The largest absolute Gasteiger partial charge is 0.350 e. The summed E-state index contributed by atoms with van der Waals surface area (Å²) in [6.45, 7) is 4.30. The van der Waals surface area contributed by atoms with Crippen LogP contribution >= 0.6 is 13.5 Å². The highest BCUT2D eigenvalue weighted by atomic mass is 32.1. The van der Waals surface area contributed by atoms with Gasteiger partial charge in [-0.1, -0.05) is 88.6 Å². The normalized spacial score (nSPS) is 11.6. The summed E-state index contributed by atoms with van der Waals surface area (Å²) in [7, 11) is 0. The first-order chi connectivity index (χ1) is 10.7. The van der Waals surface area contributed by atoms with Gasteiger partial charge < -0.3 is 5.32 Å². The lowest BCUT2D eigenvalue weighted by atomic mass is 10.1. The molecule has 0 aliphatic heterocycles. The molecule has 0 unspecified atom stereocenters. The van der Waals surface area contributed by atoms with Gasteiger partial charge >= 0.3 is 0 Å². The third-order valence-corrected chi connectivity index (χ3v) is 4.18. The molecule has 0 aliphatic rings. The Bertz CT molecular complexity index is 394. The molecule has 1 N–H and O–H groups in total. The summed E-state index contributed by atoms with van der Waals surface area (Å²) >= 11 is 0. The van der Waals surface area contributed by atoms with Crippen molar-refractivity contribution in [2.24, 2.45) is 0 Å². The zero-order valence-corrected chi connectivity index (χ0v) is 15.9. The van der Waals surface area contributed by atoms with Crippen molar-refractivity contribution in [2.45, 2.75) is 84.1 Å². The van der Waals surface area contributed by atoms with Crippen LogP contribution in [0.1, 0.15) is 89.7 Å². The van der Waals surface area contributed by atoms with Crippen LogP contribution < -0.4 is 5.32 Å². The minimum atomic E-state index is 0. The van der Waals surface area contributed by atoms with E-state index in [4.69, 9.17) is 0 Å². The lowest BCUT2D eigenvalue weighted by molar-refractivity contribution is -0.121. The van der Waals surface area contributed by atoms with Crippen molar-refractivity contribution >= 4 is 19.4 Å². The molecule has 0 heterocycles. The Morgan fingerprint density at radius 3 is 2.00 bits per heavy atom. The number of amides is 1. The molecule has 23 heavy (non-hydrogen) atoms. The van der Waals surface area contributed by atoms with Crippen LogP contribution in [0, 0.1) is 0 Å². The summed E-state index contributed by atoms with van der Waals surface area (Å²) in [6.07, 6.45) is 12.3. The van der Waals surface area contributed by atoms with Crippen LogP contribution in [-0.2, 0) is 4.79 Å². The van der Waals surface area contributed by atoms with Crippen molar-refractivity contribution in [3.63, 3.8) is 0 Å². The Morgan fingerprint density at radius 2 is 1.43 bits per heavy atom. The number of benzene rings is 1. The number of unbranched alkanes of at least 4 members (excludes halogenated alkanes) is 8. The van der Waals surface area contributed by atoms with Crippen LogP contribution in [0.4, 0.5) is 0 Å².